The monoisotopic (exact) mass is 360 g/mol. The Morgan fingerprint density at radius 2 is 2.04 bits per heavy atom. The van der Waals surface area contributed by atoms with Crippen molar-refractivity contribution >= 4 is 5.91 Å². The quantitative estimate of drug-likeness (QED) is 0.783. The Bertz CT molecular complexity index is 567. The molecule has 0 spiro atoms. The number of hydrogen-bond acceptors (Lipinski definition) is 4. The average Bonchev–Trinajstić information content (AvgIpc) is 2.59. The van der Waals surface area contributed by atoms with Crippen LogP contribution in [0.3, 0.4) is 0 Å². The van der Waals surface area contributed by atoms with Gasteiger partial charge in [-0.3, -0.25) is 4.79 Å². The minimum atomic E-state index is -4.38. The molecule has 0 aromatic heterocycles. The normalized spacial score (nSPS) is 17.1. The number of hydrogen-bond donors (Lipinski definition) is 2. The van der Waals surface area contributed by atoms with E-state index < -0.39 is 18.2 Å². The largest absolute Gasteiger partial charge is 0.484 e. The van der Waals surface area contributed by atoms with Gasteiger partial charge in [0.15, 0.2) is 6.61 Å². The third-order valence-electron chi connectivity index (χ3n) is 4.22. The molecule has 0 saturated carbocycles. The maximum Gasteiger partial charge on any atom is 0.422 e. The van der Waals surface area contributed by atoms with Gasteiger partial charge in [-0.05, 0) is 43.6 Å². The number of ether oxygens (including phenoxy) is 2. The van der Waals surface area contributed by atoms with Gasteiger partial charge in [-0.2, -0.15) is 13.2 Å². The van der Waals surface area contributed by atoms with Crippen molar-refractivity contribution in [2.45, 2.75) is 25.6 Å². The molecule has 1 aromatic carbocycles. The van der Waals surface area contributed by atoms with Gasteiger partial charge in [0.1, 0.15) is 5.75 Å². The van der Waals surface area contributed by atoms with Gasteiger partial charge in [0.2, 0.25) is 5.91 Å². The first kappa shape index (κ1) is 19.5. The van der Waals surface area contributed by atoms with Crippen molar-refractivity contribution in [3.8, 4) is 5.75 Å². The molecule has 0 aliphatic carbocycles. The molecule has 1 aliphatic heterocycles. The highest BCUT2D eigenvalue weighted by molar-refractivity contribution is 5.83. The van der Waals surface area contributed by atoms with Crippen LogP contribution in [-0.2, 0) is 16.1 Å². The minimum absolute atomic E-state index is 0.0996. The molecule has 25 heavy (non-hydrogen) atoms. The second-order valence-corrected chi connectivity index (χ2v) is 6.20. The van der Waals surface area contributed by atoms with Crippen LogP contribution >= 0.6 is 0 Å². The number of nitrogens with one attached hydrogen (secondary N) is 2. The standard InChI is InChI=1S/C17H23F3N2O3/c1-24-11-16(5-7-21-8-6-16)15(23)22-10-13-3-2-4-14(9-13)25-12-17(18,19)20/h2-4,9,21H,5-8,10-12H2,1H3,(H,22,23). The number of carbonyl (C=O) groups is 1. The van der Waals surface area contributed by atoms with Crippen LogP contribution in [0.15, 0.2) is 24.3 Å². The summed E-state index contributed by atoms with van der Waals surface area (Å²) in [6, 6.07) is 6.28. The van der Waals surface area contributed by atoms with Gasteiger partial charge < -0.3 is 20.1 Å². The Morgan fingerprint density at radius 1 is 1.32 bits per heavy atom. The Balaban J connectivity index is 1.94. The number of halogens is 3. The van der Waals surface area contributed by atoms with E-state index in [0.29, 0.717) is 25.0 Å². The van der Waals surface area contributed by atoms with Crippen molar-refractivity contribution in [2.24, 2.45) is 5.41 Å². The van der Waals surface area contributed by atoms with E-state index in [0.717, 1.165) is 13.1 Å². The number of carbonyl (C=O) groups excluding carboxylic acids is 1. The molecule has 1 fully saturated rings. The van der Waals surface area contributed by atoms with E-state index >= 15 is 0 Å². The SMILES string of the molecule is COCC1(C(=O)NCc2cccc(OCC(F)(F)F)c2)CCNCC1. The second kappa shape index (κ2) is 8.53. The van der Waals surface area contributed by atoms with Gasteiger partial charge in [-0.15, -0.1) is 0 Å². The molecule has 5 nitrogen and oxygen atoms in total. The number of amides is 1. The Hall–Kier alpha value is -1.80. The van der Waals surface area contributed by atoms with E-state index in [-0.39, 0.29) is 18.2 Å². The molecule has 1 aromatic rings. The fourth-order valence-electron chi connectivity index (χ4n) is 2.90. The van der Waals surface area contributed by atoms with E-state index in [4.69, 9.17) is 9.47 Å². The molecule has 0 unspecified atom stereocenters. The van der Waals surface area contributed by atoms with Crippen LogP contribution < -0.4 is 15.4 Å². The van der Waals surface area contributed by atoms with E-state index in [9.17, 15) is 18.0 Å². The number of benzene rings is 1. The summed E-state index contributed by atoms with van der Waals surface area (Å²) < 4.78 is 46.6. The summed E-state index contributed by atoms with van der Waals surface area (Å²) >= 11 is 0. The first-order valence-corrected chi connectivity index (χ1v) is 8.11. The minimum Gasteiger partial charge on any atom is -0.484 e. The summed E-state index contributed by atoms with van der Waals surface area (Å²) in [7, 11) is 1.57. The highest BCUT2D eigenvalue weighted by atomic mass is 19.4. The molecule has 0 radical (unpaired) electrons. The lowest BCUT2D eigenvalue weighted by Gasteiger charge is -2.35. The zero-order valence-electron chi connectivity index (χ0n) is 14.1. The molecule has 1 aliphatic rings. The lowest BCUT2D eigenvalue weighted by atomic mass is 9.78. The highest BCUT2D eigenvalue weighted by Crippen LogP contribution is 2.29. The molecule has 2 rings (SSSR count). The summed E-state index contributed by atoms with van der Waals surface area (Å²) in [5.74, 6) is 0.0232. The Kier molecular flexibility index (Phi) is 6.66. The molecule has 1 amide bonds. The van der Waals surface area contributed by atoms with Gasteiger partial charge in [0.05, 0.1) is 12.0 Å². The smallest absolute Gasteiger partial charge is 0.422 e. The summed E-state index contributed by atoms with van der Waals surface area (Å²) in [5.41, 5.74) is 0.110. The maximum atomic E-state index is 12.6. The molecule has 1 saturated heterocycles. The van der Waals surface area contributed by atoms with Crippen molar-refractivity contribution in [1.29, 1.82) is 0 Å². The predicted molar refractivity (Wildman–Crippen MR) is 86.3 cm³/mol. The lowest BCUT2D eigenvalue weighted by molar-refractivity contribution is -0.153. The maximum absolute atomic E-state index is 12.6. The van der Waals surface area contributed by atoms with Crippen LogP contribution in [-0.4, -0.2) is 45.5 Å². The summed E-state index contributed by atoms with van der Waals surface area (Å²) in [6.45, 7) is 0.720. The van der Waals surface area contributed by atoms with Gasteiger partial charge >= 0.3 is 6.18 Å². The lowest BCUT2D eigenvalue weighted by Crippen LogP contribution is -2.49. The molecule has 1 heterocycles. The number of methoxy groups -OCH3 is 1. The van der Waals surface area contributed by atoms with E-state index in [1.807, 2.05) is 0 Å². The number of alkyl halides is 3. The topological polar surface area (TPSA) is 59.6 Å². The van der Waals surface area contributed by atoms with Crippen molar-refractivity contribution in [1.82, 2.24) is 10.6 Å². The van der Waals surface area contributed by atoms with Crippen LogP contribution in [0, 0.1) is 5.41 Å². The third kappa shape index (κ3) is 5.89. The predicted octanol–water partition coefficient (Wildman–Crippen LogP) is 2.26. The number of rotatable bonds is 7. The fraction of sp³-hybridized carbons (Fsp3) is 0.588. The van der Waals surface area contributed by atoms with E-state index in [1.165, 1.54) is 12.1 Å². The molecular formula is C17H23F3N2O3. The van der Waals surface area contributed by atoms with E-state index in [1.54, 1.807) is 19.2 Å². The first-order chi connectivity index (χ1) is 11.8. The van der Waals surface area contributed by atoms with Gasteiger partial charge in [0, 0.05) is 13.7 Å². The van der Waals surface area contributed by atoms with Crippen LogP contribution in [0.25, 0.3) is 0 Å². The summed E-state index contributed by atoms with van der Waals surface area (Å²) in [5, 5.41) is 6.09. The summed E-state index contributed by atoms with van der Waals surface area (Å²) in [4.78, 5) is 12.6. The zero-order valence-corrected chi connectivity index (χ0v) is 14.1. The van der Waals surface area contributed by atoms with Gasteiger partial charge in [0.25, 0.3) is 0 Å². The van der Waals surface area contributed by atoms with Crippen LogP contribution in [0.1, 0.15) is 18.4 Å². The van der Waals surface area contributed by atoms with Crippen LogP contribution in [0.2, 0.25) is 0 Å². The van der Waals surface area contributed by atoms with Gasteiger partial charge in [-0.1, -0.05) is 12.1 Å². The van der Waals surface area contributed by atoms with Crippen molar-refractivity contribution in [3.63, 3.8) is 0 Å². The van der Waals surface area contributed by atoms with Crippen molar-refractivity contribution in [2.75, 3.05) is 33.4 Å². The molecule has 0 atom stereocenters. The zero-order chi connectivity index (χ0) is 18.3. The first-order valence-electron chi connectivity index (χ1n) is 8.11. The van der Waals surface area contributed by atoms with Crippen molar-refractivity contribution in [3.05, 3.63) is 29.8 Å². The average molecular weight is 360 g/mol. The summed E-state index contributed by atoms with van der Waals surface area (Å²) in [6.07, 6.45) is -3.02. The number of piperidine rings is 1. The molecule has 140 valence electrons. The second-order valence-electron chi connectivity index (χ2n) is 6.20. The Morgan fingerprint density at radius 3 is 2.68 bits per heavy atom. The van der Waals surface area contributed by atoms with Crippen LogP contribution in [0.5, 0.6) is 5.75 Å². The fourth-order valence-corrected chi connectivity index (χ4v) is 2.90. The molecule has 8 heteroatoms. The molecular weight excluding hydrogens is 337 g/mol. The van der Waals surface area contributed by atoms with E-state index in [2.05, 4.69) is 10.6 Å². The molecule has 0 bridgehead atoms. The highest BCUT2D eigenvalue weighted by Gasteiger charge is 2.39. The molecule has 2 N–H and O–H groups in total. The van der Waals surface area contributed by atoms with Crippen molar-refractivity contribution < 1.29 is 27.4 Å². The third-order valence-corrected chi connectivity index (χ3v) is 4.22. The Labute approximate surface area is 144 Å². The van der Waals surface area contributed by atoms with Crippen LogP contribution in [0.4, 0.5) is 13.2 Å². The van der Waals surface area contributed by atoms with Gasteiger partial charge in [-0.25, -0.2) is 0 Å².